The van der Waals surface area contributed by atoms with Gasteiger partial charge >= 0.3 is 0 Å². The monoisotopic (exact) mass is 426 g/mol. The van der Waals surface area contributed by atoms with E-state index in [1.807, 2.05) is 26.0 Å². The van der Waals surface area contributed by atoms with Crippen molar-refractivity contribution >= 4 is 38.9 Å². The lowest BCUT2D eigenvalue weighted by Gasteiger charge is -2.29. The Morgan fingerprint density at radius 2 is 1.96 bits per heavy atom. The van der Waals surface area contributed by atoms with Crippen molar-refractivity contribution < 1.29 is 13.2 Å². The number of nitrogens with zero attached hydrogens (tertiary/aromatic N) is 2. The normalized spacial score (nSPS) is 18.0. The third-order valence-corrected chi connectivity index (χ3v) is 7.92. The molecule has 2 heterocycles. The van der Waals surface area contributed by atoms with Crippen molar-refractivity contribution in [1.29, 1.82) is 0 Å². The largest absolute Gasteiger partial charge is 0.336 e. The van der Waals surface area contributed by atoms with E-state index in [1.54, 1.807) is 29.2 Å². The van der Waals surface area contributed by atoms with Crippen molar-refractivity contribution in [2.75, 3.05) is 13.1 Å². The van der Waals surface area contributed by atoms with Crippen LogP contribution in [0.4, 0.5) is 0 Å². The minimum absolute atomic E-state index is 0.143. The SMILES string of the molecule is CCN(Cc1ccc(Cl)s1)C(=O)C1CCCN1S(=O)(=O)c1ccc(C)cc1. The molecular formula is C19H23ClN2O3S2. The Morgan fingerprint density at radius 3 is 2.56 bits per heavy atom. The quantitative estimate of drug-likeness (QED) is 0.703. The van der Waals surface area contributed by atoms with Gasteiger partial charge in [-0.2, -0.15) is 4.31 Å². The molecule has 1 aromatic heterocycles. The van der Waals surface area contributed by atoms with Crippen LogP contribution in [0, 0.1) is 6.92 Å². The molecule has 27 heavy (non-hydrogen) atoms. The molecule has 0 radical (unpaired) electrons. The Balaban J connectivity index is 1.81. The molecule has 8 heteroatoms. The minimum Gasteiger partial charge on any atom is -0.336 e. The first kappa shape index (κ1) is 20.3. The van der Waals surface area contributed by atoms with E-state index in [-0.39, 0.29) is 10.8 Å². The summed E-state index contributed by atoms with van der Waals surface area (Å²) in [6, 6.07) is 9.83. The van der Waals surface area contributed by atoms with Crippen LogP contribution in [0.15, 0.2) is 41.3 Å². The number of rotatable bonds is 6. The fourth-order valence-electron chi connectivity index (χ4n) is 3.30. The molecule has 0 spiro atoms. The zero-order valence-electron chi connectivity index (χ0n) is 15.4. The molecule has 0 bridgehead atoms. The third kappa shape index (κ3) is 4.37. The number of halogens is 1. The van der Waals surface area contributed by atoms with Crippen LogP contribution >= 0.6 is 22.9 Å². The summed E-state index contributed by atoms with van der Waals surface area (Å²) in [7, 11) is -3.69. The number of carbonyl (C=O) groups excluding carboxylic acids is 1. The fraction of sp³-hybridized carbons (Fsp3) is 0.421. The minimum atomic E-state index is -3.69. The summed E-state index contributed by atoms with van der Waals surface area (Å²) >= 11 is 7.42. The van der Waals surface area contributed by atoms with Crippen LogP contribution in [0.3, 0.4) is 0 Å². The van der Waals surface area contributed by atoms with Crippen LogP contribution < -0.4 is 0 Å². The average molecular weight is 427 g/mol. The lowest BCUT2D eigenvalue weighted by Crippen LogP contribution is -2.47. The van der Waals surface area contributed by atoms with Gasteiger partial charge in [0.15, 0.2) is 0 Å². The maximum absolute atomic E-state index is 13.1. The van der Waals surface area contributed by atoms with Gasteiger partial charge in [0, 0.05) is 18.0 Å². The summed E-state index contributed by atoms with van der Waals surface area (Å²) in [5.41, 5.74) is 0.995. The smallest absolute Gasteiger partial charge is 0.243 e. The molecule has 5 nitrogen and oxygen atoms in total. The number of benzene rings is 1. The molecule has 0 aliphatic carbocycles. The molecule has 3 rings (SSSR count). The van der Waals surface area contributed by atoms with Gasteiger partial charge in [0.25, 0.3) is 0 Å². The van der Waals surface area contributed by atoms with Gasteiger partial charge in [-0.3, -0.25) is 4.79 Å². The highest BCUT2D eigenvalue weighted by Gasteiger charge is 2.40. The fourth-order valence-corrected chi connectivity index (χ4v) is 6.06. The molecule has 1 aliphatic rings. The molecule has 0 saturated carbocycles. The molecular weight excluding hydrogens is 404 g/mol. The maximum atomic E-state index is 13.1. The molecule has 1 atom stereocenters. The topological polar surface area (TPSA) is 57.7 Å². The molecule has 1 amide bonds. The molecule has 1 fully saturated rings. The van der Waals surface area contributed by atoms with Gasteiger partial charge < -0.3 is 4.90 Å². The van der Waals surface area contributed by atoms with Gasteiger partial charge in [0.05, 0.1) is 15.8 Å². The molecule has 1 aromatic carbocycles. The van der Waals surface area contributed by atoms with E-state index in [4.69, 9.17) is 11.6 Å². The predicted octanol–water partition coefficient (Wildman–Crippen LogP) is 3.91. The lowest BCUT2D eigenvalue weighted by molar-refractivity contribution is -0.135. The highest BCUT2D eigenvalue weighted by Crippen LogP contribution is 2.29. The van der Waals surface area contributed by atoms with Crippen LogP contribution in [-0.2, 0) is 21.4 Å². The number of likely N-dealkylation sites (N-methyl/N-ethyl adjacent to an activating group) is 1. The van der Waals surface area contributed by atoms with Crippen molar-refractivity contribution in [2.45, 2.75) is 44.2 Å². The van der Waals surface area contributed by atoms with E-state index in [0.29, 0.717) is 36.8 Å². The van der Waals surface area contributed by atoms with Gasteiger partial charge in [-0.05, 0) is 51.0 Å². The highest BCUT2D eigenvalue weighted by molar-refractivity contribution is 7.89. The summed E-state index contributed by atoms with van der Waals surface area (Å²) in [5.74, 6) is -0.143. The van der Waals surface area contributed by atoms with Gasteiger partial charge in [0.2, 0.25) is 15.9 Å². The second-order valence-electron chi connectivity index (χ2n) is 6.65. The first-order valence-corrected chi connectivity index (χ1v) is 11.6. The molecule has 1 aliphatic heterocycles. The van der Waals surface area contributed by atoms with E-state index in [1.165, 1.54) is 15.6 Å². The third-order valence-electron chi connectivity index (χ3n) is 4.79. The van der Waals surface area contributed by atoms with E-state index >= 15 is 0 Å². The van der Waals surface area contributed by atoms with Gasteiger partial charge in [0.1, 0.15) is 6.04 Å². The van der Waals surface area contributed by atoms with Crippen molar-refractivity contribution in [3.05, 3.63) is 51.2 Å². The van der Waals surface area contributed by atoms with Crippen molar-refractivity contribution in [3.63, 3.8) is 0 Å². The summed E-state index contributed by atoms with van der Waals surface area (Å²) in [4.78, 5) is 16.0. The highest BCUT2D eigenvalue weighted by atomic mass is 35.5. The van der Waals surface area contributed by atoms with Crippen LogP contribution in [0.5, 0.6) is 0 Å². The van der Waals surface area contributed by atoms with Crippen LogP contribution in [0.2, 0.25) is 4.34 Å². The van der Waals surface area contributed by atoms with Crippen LogP contribution in [0.1, 0.15) is 30.2 Å². The second kappa shape index (κ2) is 8.31. The summed E-state index contributed by atoms with van der Waals surface area (Å²) < 4.78 is 28.2. The van der Waals surface area contributed by atoms with E-state index in [9.17, 15) is 13.2 Å². The number of hydrogen-bond donors (Lipinski definition) is 0. The molecule has 0 N–H and O–H groups in total. The summed E-state index contributed by atoms with van der Waals surface area (Å²) in [6.07, 6.45) is 1.23. The first-order chi connectivity index (χ1) is 12.8. The lowest BCUT2D eigenvalue weighted by atomic mass is 10.2. The zero-order chi connectivity index (χ0) is 19.6. The van der Waals surface area contributed by atoms with Gasteiger partial charge in [-0.15, -0.1) is 11.3 Å². The summed E-state index contributed by atoms with van der Waals surface area (Å²) in [6.45, 7) is 5.15. The van der Waals surface area contributed by atoms with E-state index in [0.717, 1.165) is 10.4 Å². The Labute approximate surface area is 169 Å². The number of sulfonamides is 1. The van der Waals surface area contributed by atoms with Crippen molar-refractivity contribution in [1.82, 2.24) is 9.21 Å². The average Bonchev–Trinajstić information content (AvgIpc) is 3.29. The number of amides is 1. The zero-order valence-corrected chi connectivity index (χ0v) is 17.8. The number of carbonyl (C=O) groups is 1. The van der Waals surface area contributed by atoms with Gasteiger partial charge in [-0.25, -0.2) is 8.42 Å². The predicted molar refractivity (Wildman–Crippen MR) is 109 cm³/mol. The van der Waals surface area contributed by atoms with E-state index in [2.05, 4.69) is 0 Å². The molecule has 1 saturated heterocycles. The Bertz CT molecular complexity index is 909. The van der Waals surface area contributed by atoms with Crippen LogP contribution in [-0.4, -0.2) is 42.7 Å². The standard InChI is InChI=1S/C19H23ClN2O3S2/c1-3-21(13-15-8-11-18(20)26-15)19(23)17-5-4-12-22(17)27(24,25)16-9-6-14(2)7-10-16/h6-11,17H,3-5,12-13H2,1-2H3. The van der Waals surface area contributed by atoms with Crippen molar-refractivity contribution in [3.8, 4) is 0 Å². The number of thiophene rings is 1. The first-order valence-electron chi connectivity index (χ1n) is 8.94. The Kier molecular flexibility index (Phi) is 6.25. The van der Waals surface area contributed by atoms with Crippen LogP contribution in [0.25, 0.3) is 0 Å². The second-order valence-corrected chi connectivity index (χ2v) is 10.3. The molecule has 2 aromatic rings. The number of aryl methyl sites for hydroxylation is 1. The van der Waals surface area contributed by atoms with E-state index < -0.39 is 16.1 Å². The van der Waals surface area contributed by atoms with Gasteiger partial charge in [-0.1, -0.05) is 29.3 Å². The molecule has 146 valence electrons. The maximum Gasteiger partial charge on any atom is 0.243 e. The van der Waals surface area contributed by atoms with Crippen molar-refractivity contribution in [2.24, 2.45) is 0 Å². The Hall–Kier alpha value is -1.41. The summed E-state index contributed by atoms with van der Waals surface area (Å²) in [5, 5.41) is 0. The molecule has 1 unspecified atom stereocenters. The number of hydrogen-bond acceptors (Lipinski definition) is 4. The Morgan fingerprint density at radius 1 is 1.26 bits per heavy atom.